The van der Waals surface area contributed by atoms with Crippen LogP contribution in [0, 0.1) is 0 Å². The average molecular weight is 225 g/mol. The van der Waals surface area contributed by atoms with E-state index in [2.05, 4.69) is 61.8 Å². The first-order valence-corrected chi connectivity index (χ1v) is 6.39. The maximum absolute atomic E-state index is 2.48. The highest BCUT2D eigenvalue weighted by Gasteiger charge is 2.18. The van der Waals surface area contributed by atoms with E-state index in [-0.39, 0.29) is 5.54 Å². The van der Waals surface area contributed by atoms with Crippen molar-refractivity contribution in [2.75, 3.05) is 0 Å². The summed E-state index contributed by atoms with van der Waals surface area (Å²) < 4.78 is 2.48. The molecule has 0 saturated heterocycles. The molecule has 1 heteroatoms. The van der Waals surface area contributed by atoms with Gasteiger partial charge in [0, 0.05) is 27.0 Å². The van der Waals surface area contributed by atoms with Crippen LogP contribution in [-0.2, 0) is 5.54 Å². The van der Waals surface area contributed by atoms with Crippen LogP contribution in [0.15, 0.2) is 24.3 Å². The van der Waals surface area contributed by atoms with Crippen molar-refractivity contribution < 1.29 is 0 Å². The lowest BCUT2D eigenvalue weighted by Crippen LogP contribution is -2.38. The number of hydrogen-bond donors (Lipinski definition) is 0. The Morgan fingerprint density at radius 1 is 1.00 bits per heavy atom. The molecule has 0 fully saturated rings. The van der Waals surface area contributed by atoms with Crippen molar-refractivity contribution in [2.45, 2.75) is 39.2 Å². The Bertz CT molecular complexity index is 681. The highest BCUT2D eigenvalue weighted by Crippen LogP contribution is 2.19. The molecule has 0 atom stereocenters. The van der Waals surface area contributed by atoms with Crippen molar-refractivity contribution in [1.29, 1.82) is 0 Å². The zero-order chi connectivity index (χ0) is 12.0. The van der Waals surface area contributed by atoms with Gasteiger partial charge in [-0.05, 0) is 39.7 Å². The van der Waals surface area contributed by atoms with Crippen molar-refractivity contribution in [1.82, 2.24) is 4.57 Å². The second-order valence-electron chi connectivity index (χ2n) is 5.81. The van der Waals surface area contributed by atoms with Gasteiger partial charge in [-0.25, -0.2) is 0 Å². The van der Waals surface area contributed by atoms with E-state index in [4.69, 9.17) is 0 Å². The molecule has 0 N–H and O–H groups in total. The van der Waals surface area contributed by atoms with E-state index in [0.717, 1.165) is 0 Å². The van der Waals surface area contributed by atoms with E-state index >= 15 is 0 Å². The zero-order valence-corrected chi connectivity index (χ0v) is 10.8. The van der Waals surface area contributed by atoms with Gasteiger partial charge in [0.15, 0.2) is 0 Å². The smallest absolute Gasteiger partial charge is 0.0496 e. The molecule has 0 amide bonds. The van der Waals surface area contributed by atoms with Gasteiger partial charge in [0.05, 0.1) is 0 Å². The fraction of sp³-hybridized carbons (Fsp3) is 0.375. The molecule has 0 unspecified atom stereocenters. The molecule has 1 heterocycles. The summed E-state index contributed by atoms with van der Waals surface area (Å²) in [6, 6.07) is 8.75. The van der Waals surface area contributed by atoms with Crippen LogP contribution < -0.4 is 10.6 Å². The van der Waals surface area contributed by atoms with Crippen molar-refractivity contribution in [3.8, 4) is 0 Å². The van der Waals surface area contributed by atoms with Crippen LogP contribution in [0.3, 0.4) is 0 Å². The molecule has 2 aromatic rings. The molecule has 0 aliphatic heterocycles. The van der Waals surface area contributed by atoms with Crippen LogP contribution in [0.5, 0.6) is 0 Å². The van der Waals surface area contributed by atoms with Gasteiger partial charge in [-0.2, -0.15) is 0 Å². The number of para-hydroxylation sites is 1. The lowest BCUT2D eigenvalue weighted by Gasteiger charge is -2.23. The Balaban J connectivity index is 2.59. The fourth-order valence-corrected chi connectivity index (χ4v) is 2.87. The highest BCUT2D eigenvalue weighted by atomic mass is 15.0. The molecule has 1 nitrogen and oxygen atoms in total. The quantitative estimate of drug-likeness (QED) is 0.649. The summed E-state index contributed by atoms with van der Waals surface area (Å²) in [5.41, 5.74) is 1.49. The molecule has 0 radical (unpaired) electrons. The Kier molecular flexibility index (Phi) is 2.19. The first-order valence-electron chi connectivity index (χ1n) is 6.39. The summed E-state index contributed by atoms with van der Waals surface area (Å²) in [6.07, 6.45) is 7.12. The maximum atomic E-state index is 2.48. The van der Waals surface area contributed by atoms with E-state index in [1.165, 1.54) is 34.3 Å². The van der Waals surface area contributed by atoms with Crippen molar-refractivity contribution in [3.63, 3.8) is 0 Å². The standard InChI is InChI=1S/C16H19N/c1-16(2,3)17-14-10-6-4-8-12(14)13-9-5-7-11-15(13)17/h4,6,8-11H,5,7H2,1-3H3. The number of aromatic nitrogens is 1. The van der Waals surface area contributed by atoms with Gasteiger partial charge < -0.3 is 4.57 Å². The van der Waals surface area contributed by atoms with Crippen LogP contribution in [0.2, 0.25) is 0 Å². The predicted octanol–water partition coefficient (Wildman–Crippen LogP) is 2.75. The summed E-state index contributed by atoms with van der Waals surface area (Å²) in [7, 11) is 0. The van der Waals surface area contributed by atoms with Crippen LogP contribution >= 0.6 is 0 Å². The summed E-state index contributed by atoms with van der Waals surface area (Å²) in [4.78, 5) is 0. The number of rotatable bonds is 0. The molecule has 0 spiro atoms. The first-order chi connectivity index (χ1) is 8.09. The van der Waals surface area contributed by atoms with Gasteiger partial charge in [0.2, 0.25) is 0 Å². The Morgan fingerprint density at radius 2 is 1.71 bits per heavy atom. The largest absolute Gasteiger partial charge is 0.335 e. The minimum atomic E-state index is 0.134. The van der Waals surface area contributed by atoms with Crippen molar-refractivity contribution in [2.24, 2.45) is 0 Å². The van der Waals surface area contributed by atoms with Gasteiger partial charge in [0.1, 0.15) is 0 Å². The van der Waals surface area contributed by atoms with E-state index in [1.807, 2.05) is 0 Å². The van der Waals surface area contributed by atoms with Gasteiger partial charge in [-0.3, -0.25) is 0 Å². The maximum Gasteiger partial charge on any atom is 0.0496 e. The van der Waals surface area contributed by atoms with Gasteiger partial charge in [-0.1, -0.05) is 30.4 Å². The summed E-state index contributed by atoms with van der Waals surface area (Å²) in [5.74, 6) is 0. The highest BCUT2D eigenvalue weighted by molar-refractivity contribution is 5.82. The minimum Gasteiger partial charge on any atom is -0.335 e. The molecule has 1 aliphatic carbocycles. The number of nitrogens with zero attached hydrogens (tertiary/aromatic N) is 1. The van der Waals surface area contributed by atoms with E-state index in [1.54, 1.807) is 0 Å². The van der Waals surface area contributed by atoms with Crippen molar-refractivity contribution >= 4 is 23.1 Å². The fourth-order valence-electron chi connectivity index (χ4n) is 2.87. The molecular formula is C16H19N. The third-order valence-electron chi connectivity index (χ3n) is 3.48. The number of fused-ring (bicyclic) bond motifs is 3. The van der Waals surface area contributed by atoms with Crippen LogP contribution in [0.25, 0.3) is 23.1 Å². The minimum absolute atomic E-state index is 0.134. The molecule has 0 bridgehead atoms. The third kappa shape index (κ3) is 1.53. The predicted molar refractivity (Wildman–Crippen MR) is 74.3 cm³/mol. The molecule has 1 aromatic carbocycles. The van der Waals surface area contributed by atoms with Crippen molar-refractivity contribution in [3.05, 3.63) is 34.8 Å². The van der Waals surface area contributed by atoms with E-state index < -0.39 is 0 Å². The van der Waals surface area contributed by atoms with E-state index in [0.29, 0.717) is 0 Å². The van der Waals surface area contributed by atoms with E-state index in [9.17, 15) is 0 Å². The molecule has 17 heavy (non-hydrogen) atoms. The Hall–Kier alpha value is -1.50. The zero-order valence-electron chi connectivity index (χ0n) is 10.8. The SMILES string of the molecule is CC(C)(C)n1c2c(c3ccccc31)=CCCC=2. The molecule has 1 aromatic heterocycles. The molecule has 3 rings (SSSR count). The number of hydrogen-bond acceptors (Lipinski definition) is 0. The Labute approximate surface area is 102 Å². The summed E-state index contributed by atoms with van der Waals surface area (Å²) in [5, 5.41) is 4.24. The second kappa shape index (κ2) is 3.49. The van der Waals surface area contributed by atoms with Gasteiger partial charge >= 0.3 is 0 Å². The summed E-state index contributed by atoms with van der Waals surface area (Å²) in [6.45, 7) is 6.84. The lowest BCUT2D eigenvalue weighted by molar-refractivity contribution is 0.401. The molecular weight excluding hydrogens is 206 g/mol. The molecule has 88 valence electrons. The second-order valence-corrected chi connectivity index (χ2v) is 5.81. The Morgan fingerprint density at radius 3 is 2.47 bits per heavy atom. The normalized spacial score (nSPS) is 15.2. The monoisotopic (exact) mass is 225 g/mol. The molecule has 0 saturated carbocycles. The third-order valence-corrected chi connectivity index (χ3v) is 3.48. The van der Waals surface area contributed by atoms with Gasteiger partial charge in [0.25, 0.3) is 0 Å². The summed E-state index contributed by atoms with van der Waals surface area (Å²) >= 11 is 0. The lowest BCUT2D eigenvalue weighted by atomic mass is 10.1. The van der Waals surface area contributed by atoms with Crippen LogP contribution in [0.4, 0.5) is 0 Å². The molecule has 1 aliphatic rings. The van der Waals surface area contributed by atoms with Crippen LogP contribution in [-0.4, -0.2) is 4.57 Å². The number of benzene rings is 1. The van der Waals surface area contributed by atoms with Crippen LogP contribution in [0.1, 0.15) is 33.6 Å². The topological polar surface area (TPSA) is 4.93 Å². The first kappa shape index (κ1) is 10.6. The van der Waals surface area contributed by atoms with Gasteiger partial charge in [-0.15, -0.1) is 0 Å². The average Bonchev–Trinajstić information content (AvgIpc) is 2.63.